The second-order valence-corrected chi connectivity index (χ2v) is 4.91. The molecule has 0 unspecified atom stereocenters. The predicted molar refractivity (Wildman–Crippen MR) is 88.9 cm³/mol. The van der Waals surface area contributed by atoms with Gasteiger partial charge in [0.2, 0.25) is 0 Å². The number of rotatable bonds is 4. The molecule has 0 spiro atoms. The molecule has 2 aromatic carbocycles. The number of carboxylic acids is 1. The molecular formula is C17H15N3O4. The van der Waals surface area contributed by atoms with Gasteiger partial charge in [-0.2, -0.15) is 5.10 Å². The average Bonchev–Trinajstić information content (AvgIpc) is 2.57. The first kappa shape index (κ1) is 16.9. The van der Waals surface area contributed by atoms with Crippen molar-refractivity contribution >= 4 is 29.7 Å². The SMILES string of the molecule is Cc1ccc(NC(=O)C(=O)N/N=C\c2ccccc2C(=O)O)cc1. The van der Waals surface area contributed by atoms with Gasteiger partial charge in [-0.15, -0.1) is 0 Å². The molecule has 2 aromatic rings. The number of amides is 2. The van der Waals surface area contributed by atoms with Gasteiger partial charge in [0.25, 0.3) is 0 Å². The van der Waals surface area contributed by atoms with E-state index in [9.17, 15) is 14.4 Å². The highest BCUT2D eigenvalue weighted by atomic mass is 16.4. The Kier molecular flexibility index (Phi) is 5.40. The van der Waals surface area contributed by atoms with Gasteiger partial charge in [-0.3, -0.25) is 9.59 Å². The molecule has 0 radical (unpaired) electrons. The fourth-order valence-corrected chi connectivity index (χ4v) is 1.84. The smallest absolute Gasteiger partial charge is 0.336 e. The number of benzene rings is 2. The van der Waals surface area contributed by atoms with Crippen LogP contribution in [0.1, 0.15) is 21.5 Å². The molecule has 122 valence electrons. The third kappa shape index (κ3) is 4.51. The van der Waals surface area contributed by atoms with E-state index < -0.39 is 17.8 Å². The Labute approximate surface area is 138 Å². The van der Waals surface area contributed by atoms with E-state index in [1.807, 2.05) is 6.92 Å². The molecule has 0 aliphatic heterocycles. The van der Waals surface area contributed by atoms with Crippen LogP contribution in [0.3, 0.4) is 0 Å². The van der Waals surface area contributed by atoms with Gasteiger partial charge in [-0.1, -0.05) is 35.9 Å². The Hall–Kier alpha value is -3.48. The van der Waals surface area contributed by atoms with Crippen LogP contribution in [0.15, 0.2) is 53.6 Å². The van der Waals surface area contributed by atoms with Crippen LogP contribution in [0.2, 0.25) is 0 Å². The Morgan fingerprint density at radius 3 is 2.33 bits per heavy atom. The van der Waals surface area contributed by atoms with Gasteiger partial charge in [0.05, 0.1) is 11.8 Å². The van der Waals surface area contributed by atoms with Crippen LogP contribution in [0.4, 0.5) is 5.69 Å². The highest BCUT2D eigenvalue weighted by Crippen LogP contribution is 2.08. The summed E-state index contributed by atoms with van der Waals surface area (Å²) in [5.74, 6) is -2.94. The summed E-state index contributed by atoms with van der Waals surface area (Å²) in [4.78, 5) is 34.4. The van der Waals surface area contributed by atoms with Gasteiger partial charge >= 0.3 is 17.8 Å². The van der Waals surface area contributed by atoms with Gasteiger partial charge < -0.3 is 10.4 Å². The number of hydrazone groups is 1. The summed E-state index contributed by atoms with van der Waals surface area (Å²) in [5.41, 5.74) is 3.92. The zero-order chi connectivity index (χ0) is 17.5. The van der Waals surface area contributed by atoms with Crippen LogP contribution in [0, 0.1) is 6.92 Å². The standard InChI is InChI=1S/C17H15N3O4/c1-11-6-8-13(9-7-11)19-15(21)16(22)20-18-10-12-4-2-3-5-14(12)17(23)24/h2-10H,1H3,(H,19,21)(H,20,22)(H,23,24)/b18-10-. The molecule has 0 fully saturated rings. The van der Waals surface area contributed by atoms with Crippen molar-refractivity contribution in [3.63, 3.8) is 0 Å². The molecule has 3 N–H and O–H groups in total. The van der Waals surface area contributed by atoms with Crippen molar-refractivity contribution in [1.82, 2.24) is 5.43 Å². The summed E-state index contributed by atoms with van der Waals surface area (Å²) < 4.78 is 0. The first-order valence-electron chi connectivity index (χ1n) is 7.01. The lowest BCUT2D eigenvalue weighted by atomic mass is 10.1. The summed E-state index contributed by atoms with van der Waals surface area (Å²) in [5, 5.41) is 15.1. The average molecular weight is 325 g/mol. The molecule has 7 nitrogen and oxygen atoms in total. The molecule has 0 atom stereocenters. The largest absolute Gasteiger partial charge is 0.478 e. The number of nitrogens with zero attached hydrogens (tertiary/aromatic N) is 1. The third-order valence-corrected chi connectivity index (χ3v) is 3.08. The highest BCUT2D eigenvalue weighted by Gasteiger charge is 2.13. The molecule has 24 heavy (non-hydrogen) atoms. The zero-order valence-corrected chi connectivity index (χ0v) is 12.8. The van der Waals surface area contributed by atoms with E-state index in [2.05, 4.69) is 15.8 Å². The van der Waals surface area contributed by atoms with Crippen LogP contribution >= 0.6 is 0 Å². The van der Waals surface area contributed by atoms with Crippen LogP contribution in [0.25, 0.3) is 0 Å². The van der Waals surface area contributed by atoms with Crippen LogP contribution < -0.4 is 10.7 Å². The number of carbonyl (C=O) groups excluding carboxylic acids is 2. The van der Waals surface area contributed by atoms with Gasteiger partial charge in [-0.05, 0) is 25.1 Å². The third-order valence-electron chi connectivity index (χ3n) is 3.08. The van der Waals surface area contributed by atoms with E-state index in [1.54, 1.807) is 36.4 Å². The Morgan fingerprint density at radius 1 is 1.00 bits per heavy atom. The molecule has 0 aromatic heterocycles. The van der Waals surface area contributed by atoms with Crippen LogP contribution in [-0.4, -0.2) is 29.1 Å². The summed E-state index contributed by atoms with van der Waals surface area (Å²) in [7, 11) is 0. The van der Waals surface area contributed by atoms with E-state index in [0.29, 0.717) is 11.3 Å². The topological polar surface area (TPSA) is 108 Å². The monoisotopic (exact) mass is 325 g/mol. The second-order valence-electron chi connectivity index (χ2n) is 4.91. The molecule has 2 rings (SSSR count). The highest BCUT2D eigenvalue weighted by molar-refractivity contribution is 6.39. The summed E-state index contributed by atoms with van der Waals surface area (Å²) in [6.45, 7) is 1.90. The summed E-state index contributed by atoms with van der Waals surface area (Å²) >= 11 is 0. The van der Waals surface area contributed by atoms with Crippen LogP contribution in [0.5, 0.6) is 0 Å². The maximum absolute atomic E-state index is 11.7. The summed E-state index contributed by atoms with van der Waals surface area (Å²) in [6, 6.07) is 13.1. The van der Waals surface area contributed by atoms with Crippen LogP contribution in [-0.2, 0) is 9.59 Å². The lowest BCUT2D eigenvalue weighted by molar-refractivity contribution is -0.136. The van der Waals surface area contributed by atoms with Crippen molar-refractivity contribution in [3.05, 3.63) is 65.2 Å². The second kappa shape index (κ2) is 7.68. The van der Waals surface area contributed by atoms with Gasteiger partial charge in [0, 0.05) is 11.3 Å². The minimum absolute atomic E-state index is 0.0413. The quantitative estimate of drug-likeness (QED) is 0.452. The number of hydrogen-bond acceptors (Lipinski definition) is 4. The number of carbonyl (C=O) groups is 3. The fraction of sp³-hybridized carbons (Fsp3) is 0.0588. The molecule has 0 heterocycles. The van der Waals surface area contributed by atoms with Crippen molar-refractivity contribution in [2.24, 2.45) is 5.10 Å². The maximum Gasteiger partial charge on any atom is 0.336 e. The van der Waals surface area contributed by atoms with Crippen molar-refractivity contribution < 1.29 is 19.5 Å². The lowest BCUT2D eigenvalue weighted by Crippen LogP contribution is -2.32. The van der Waals surface area contributed by atoms with Crippen molar-refractivity contribution in [2.45, 2.75) is 6.92 Å². The van der Waals surface area contributed by atoms with Gasteiger partial charge in [0.1, 0.15) is 0 Å². The van der Waals surface area contributed by atoms with E-state index >= 15 is 0 Å². The molecule has 0 saturated carbocycles. The molecule has 0 aliphatic rings. The van der Waals surface area contributed by atoms with E-state index in [0.717, 1.165) is 5.56 Å². The molecular weight excluding hydrogens is 310 g/mol. The minimum Gasteiger partial charge on any atom is -0.478 e. The Bertz CT molecular complexity index is 798. The number of aromatic carboxylic acids is 1. The van der Waals surface area contributed by atoms with E-state index in [1.165, 1.54) is 18.3 Å². The van der Waals surface area contributed by atoms with Crippen molar-refractivity contribution in [1.29, 1.82) is 0 Å². The normalized spacial score (nSPS) is 10.4. The Morgan fingerprint density at radius 2 is 1.67 bits per heavy atom. The number of hydrogen-bond donors (Lipinski definition) is 3. The number of anilines is 1. The number of nitrogens with one attached hydrogen (secondary N) is 2. The zero-order valence-electron chi connectivity index (χ0n) is 12.8. The first-order valence-corrected chi connectivity index (χ1v) is 7.01. The lowest BCUT2D eigenvalue weighted by Gasteiger charge is -2.04. The van der Waals surface area contributed by atoms with E-state index in [-0.39, 0.29) is 5.56 Å². The number of aryl methyl sites for hydroxylation is 1. The fourth-order valence-electron chi connectivity index (χ4n) is 1.84. The predicted octanol–water partition coefficient (Wildman–Crippen LogP) is 1.78. The maximum atomic E-state index is 11.7. The molecule has 2 amide bonds. The first-order chi connectivity index (χ1) is 11.5. The Balaban J connectivity index is 1.96. The molecule has 7 heteroatoms. The summed E-state index contributed by atoms with van der Waals surface area (Å²) in [6.07, 6.45) is 1.17. The molecule has 0 bridgehead atoms. The van der Waals surface area contributed by atoms with Crippen molar-refractivity contribution in [2.75, 3.05) is 5.32 Å². The minimum atomic E-state index is -1.11. The molecule has 0 aliphatic carbocycles. The number of carboxylic acid groups (broad SMARTS) is 1. The van der Waals surface area contributed by atoms with Gasteiger partial charge in [0.15, 0.2) is 0 Å². The molecule has 0 saturated heterocycles. The van der Waals surface area contributed by atoms with Crippen molar-refractivity contribution in [3.8, 4) is 0 Å². The van der Waals surface area contributed by atoms with E-state index in [4.69, 9.17) is 5.11 Å². The van der Waals surface area contributed by atoms with Gasteiger partial charge in [-0.25, -0.2) is 10.2 Å².